The second-order valence-corrected chi connectivity index (χ2v) is 5.16. The zero-order valence-corrected chi connectivity index (χ0v) is 14.0. The highest BCUT2D eigenvalue weighted by molar-refractivity contribution is 6.34. The Bertz CT molecular complexity index is 772. The predicted octanol–water partition coefficient (Wildman–Crippen LogP) is 3.79. The Morgan fingerprint density at radius 3 is 2.46 bits per heavy atom. The third-order valence-corrected chi connectivity index (χ3v) is 3.49. The number of hydrogen-bond acceptors (Lipinski definition) is 4. The average Bonchev–Trinajstić information content (AvgIpc) is 2.61. The van der Waals surface area contributed by atoms with E-state index in [1.165, 1.54) is 32.4 Å². The summed E-state index contributed by atoms with van der Waals surface area (Å²) < 4.78 is 9.81. The maximum atomic E-state index is 12.0. The number of ether oxygens (including phenoxy) is 2. The number of esters is 1. The number of nitrogens with one attached hydrogen (secondary N) is 1. The van der Waals surface area contributed by atoms with E-state index in [0.717, 1.165) is 5.56 Å². The minimum absolute atomic E-state index is 0.183. The maximum absolute atomic E-state index is 12.0. The van der Waals surface area contributed by atoms with Crippen molar-refractivity contribution in [2.75, 3.05) is 19.5 Å². The Labute approximate surface area is 144 Å². The lowest BCUT2D eigenvalue weighted by atomic mass is 10.1. The number of carbonyl (C=O) groups is 2. The first kappa shape index (κ1) is 17.6. The molecule has 1 N–H and O–H groups in total. The van der Waals surface area contributed by atoms with Crippen LogP contribution in [0.2, 0.25) is 5.02 Å². The third-order valence-electron chi connectivity index (χ3n) is 3.18. The minimum Gasteiger partial charge on any atom is -0.496 e. The molecule has 24 heavy (non-hydrogen) atoms. The van der Waals surface area contributed by atoms with Crippen LogP contribution in [-0.2, 0) is 9.53 Å². The molecule has 0 spiro atoms. The Hall–Kier alpha value is -2.79. The van der Waals surface area contributed by atoms with E-state index in [1.54, 1.807) is 6.08 Å². The van der Waals surface area contributed by atoms with Gasteiger partial charge in [-0.1, -0.05) is 41.9 Å². The smallest absolute Gasteiger partial charge is 0.341 e. The first-order valence-corrected chi connectivity index (χ1v) is 7.43. The predicted molar refractivity (Wildman–Crippen MR) is 93.4 cm³/mol. The van der Waals surface area contributed by atoms with Crippen LogP contribution in [0.1, 0.15) is 15.9 Å². The van der Waals surface area contributed by atoms with E-state index in [9.17, 15) is 9.59 Å². The highest BCUT2D eigenvalue weighted by Crippen LogP contribution is 2.31. The van der Waals surface area contributed by atoms with E-state index in [4.69, 9.17) is 16.3 Å². The van der Waals surface area contributed by atoms with E-state index in [0.29, 0.717) is 5.69 Å². The Kier molecular flexibility index (Phi) is 5.98. The van der Waals surface area contributed by atoms with Crippen molar-refractivity contribution in [3.8, 4) is 5.75 Å². The lowest BCUT2D eigenvalue weighted by Gasteiger charge is -2.11. The Balaban J connectivity index is 2.18. The standard InChI is InChI=1S/C18H16ClNO4/c1-23-16-11-15(14(19)10-13(16)18(22)24-2)20-17(21)9-8-12-6-4-3-5-7-12/h3-11H,1-2H3,(H,20,21). The van der Waals surface area contributed by atoms with Gasteiger partial charge in [-0.25, -0.2) is 4.79 Å². The van der Waals surface area contributed by atoms with Crippen LogP contribution in [-0.4, -0.2) is 26.1 Å². The molecule has 124 valence electrons. The average molecular weight is 346 g/mol. The molecule has 5 nitrogen and oxygen atoms in total. The van der Waals surface area contributed by atoms with Crippen LogP contribution in [0.5, 0.6) is 5.75 Å². The van der Waals surface area contributed by atoms with Crippen molar-refractivity contribution in [3.63, 3.8) is 0 Å². The number of hydrogen-bond donors (Lipinski definition) is 1. The quantitative estimate of drug-likeness (QED) is 0.661. The largest absolute Gasteiger partial charge is 0.496 e. The Morgan fingerprint density at radius 2 is 1.83 bits per heavy atom. The Morgan fingerprint density at radius 1 is 1.12 bits per heavy atom. The molecule has 0 saturated heterocycles. The normalized spacial score (nSPS) is 10.5. The molecule has 0 heterocycles. The molecule has 0 atom stereocenters. The molecule has 0 saturated carbocycles. The molecule has 0 fully saturated rings. The molecule has 2 aromatic carbocycles. The van der Waals surface area contributed by atoms with Gasteiger partial charge in [0.2, 0.25) is 5.91 Å². The van der Waals surface area contributed by atoms with Gasteiger partial charge in [0.05, 0.1) is 24.9 Å². The first-order valence-electron chi connectivity index (χ1n) is 7.05. The molecule has 0 bridgehead atoms. The summed E-state index contributed by atoms with van der Waals surface area (Å²) in [6, 6.07) is 12.3. The molecule has 0 aliphatic heterocycles. The number of methoxy groups -OCH3 is 2. The summed E-state index contributed by atoms with van der Waals surface area (Å²) in [6.07, 6.45) is 3.08. The number of rotatable bonds is 5. The van der Waals surface area contributed by atoms with Crippen LogP contribution >= 0.6 is 11.6 Å². The van der Waals surface area contributed by atoms with Crippen LogP contribution in [0.4, 0.5) is 5.69 Å². The van der Waals surface area contributed by atoms with Crippen molar-refractivity contribution < 1.29 is 19.1 Å². The topological polar surface area (TPSA) is 64.6 Å². The van der Waals surface area contributed by atoms with Crippen molar-refractivity contribution in [3.05, 3.63) is 64.7 Å². The summed E-state index contributed by atoms with van der Waals surface area (Å²) in [7, 11) is 2.68. The number of halogens is 1. The van der Waals surface area contributed by atoms with Crippen LogP contribution in [0.3, 0.4) is 0 Å². The highest BCUT2D eigenvalue weighted by atomic mass is 35.5. The van der Waals surface area contributed by atoms with E-state index in [2.05, 4.69) is 10.1 Å². The number of benzene rings is 2. The van der Waals surface area contributed by atoms with Gasteiger partial charge in [0.25, 0.3) is 0 Å². The van der Waals surface area contributed by atoms with E-state index in [1.807, 2.05) is 30.3 Å². The summed E-state index contributed by atoms with van der Waals surface area (Å²) in [5.74, 6) is -0.669. The van der Waals surface area contributed by atoms with Gasteiger partial charge in [-0.15, -0.1) is 0 Å². The van der Waals surface area contributed by atoms with Gasteiger partial charge in [0.1, 0.15) is 11.3 Å². The fraction of sp³-hybridized carbons (Fsp3) is 0.111. The molecule has 6 heteroatoms. The molecular weight excluding hydrogens is 330 g/mol. The number of carbonyl (C=O) groups excluding carboxylic acids is 2. The van der Waals surface area contributed by atoms with Gasteiger partial charge in [0.15, 0.2) is 0 Å². The van der Waals surface area contributed by atoms with Crippen molar-refractivity contribution in [2.45, 2.75) is 0 Å². The zero-order valence-electron chi connectivity index (χ0n) is 13.2. The fourth-order valence-corrected chi connectivity index (χ4v) is 2.21. The number of anilines is 1. The van der Waals surface area contributed by atoms with Crippen molar-refractivity contribution in [2.24, 2.45) is 0 Å². The summed E-state index contributed by atoms with van der Waals surface area (Å²) in [5, 5.41) is 2.86. The molecule has 0 aliphatic carbocycles. The van der Waals surface area contributed by atoms with Crippen LogP contribution in [0.15, 0.2) is 48.5 Å². The molecule has 0 unspecified atom stereocenters. The highest BCUT2D eigenvalue weighted by Gasteiger charge is 2.17. The van der Waals surface area contributed by atoms with Gasteiger partial charge in [-0.2, -0.15) is 0 Å². The van der Waals surface area contributed by atoms with E-state index >= 15 is 0 Å². The maximum Gasteiger partial charge on any atom is 0.341 e. The van der Waals surface area contributed by atoms with E-state index < -0.39 is 5.97 Å². The SMILES string of the molecule is COC(=O)c1cc(Cl)c(NC(=O)C=Cc2ccccc2)cc1OC. The van der Waals surface area contributed by atoms with Gasteiger partial charge in [-0.05, 0) is 17.7 Å². The van der Waals surface area contributed by atoms with Crippen molar-refractivity contribution in [1.82, 2.24) is 0 Å². The second kappa shape index (κ2) is 8.17. The molecule has 0 aromatic heterocycles. The van der Waals surface area contributed by atoms with Gasteiger partial charge in [-0.3, -0.25) is 4.79 Å². The molecule has 2 aromatic rings. The van der Waals surface area contributed by atoms with Crippen molar-refractivity contribution >= 4 is 35.2 Å². The summed E-state index contributed by atoms with van der Waals surface area (Å²) >= 11 is 6.12. The molecule has 0 radical (unpaired) electrons. The van der Waals surface area contributed by atoms with Crippen molar-refractivity contribution in [1.29, 1.82) is 0 Å². The summed E-state index contributed by atoms with van der Waals surface area (Å²) in [5.41, 5.74) is 1.42. The van der Waals surface area contributed by atoms with Crippen LogP contribution in [0, 0.1) is 0 Å². The van der Waals surface area contributed by atoms with E-state index in [-0.39, 0.29) is 22.2 Å². The lowest BCUT2D eigenvalue weighted by molar-refractivity contribution is -0.111. The monoisotopic (exact) mass is 345 g/mol. The molecule has 1 amide bonds. The first-order chi connectivity index (χ1) is 11.5. The van der Waals surface area contributed by atoms with Gasteiger partial charge < -0.3 is 14.8 Å². The molecule has 2 rings (SSSR count). The van der Waals surface area contributed by atoms with Crippen LogP contribution < -0.4 is 10.1 Å². The van der Waals surface area contributed by atoms with Crippen LogP contribution in [0.25, 0.3) is 6.08 Å². The fourth-order valence-electron chi connectivity index (χ4n) is 2.00. The third kappa shape index (κ3) is 4.36. The second-order valence-electron chi connectivity index (χ2n) is 4.76. The molecule has 0 aliphatic rings. The summed E-state index contributed by atoms with van der Waals surface area (Å²) in [4.78, 5) is 23.7. The minimum atomic E-state index is -0.574. The zero-order chi connectivity index (χ0) is 17.5. The van der Waals surface area contributed by atoms with Gasteiger partial charge >= 0.3 is 5.97 Å². The summed E-state index contributed by atoms with van der Waals surface area (Å²) in [6.45, 7) is 0. The van der Waals surface area contributed by atoms with Gasteiger partial charge in [0, 0.05) is 12.1 Å². The number of amides is 1. The lowest BCUT2D eigenvalue weighted by Crippen LogP contribution is -2.10. The molecular formula is C18H16ClNO4.